The third kappa shape index (κ3) is 2.62. The monoisotopic (exact) mass is 235 g/mol. The van der Waals surface area contributed by atoms with E-state index in [0.29, 0.717) is 5.69 Å². The molecular weight excluding hydrogens is 218 g/mol. The lowest BCUT2D eigenvalue weighted by Gasteiger charge is -2.37. The van der Waals surface area contributed by atoms with Crippen molar-refractivity contribution in [2.45, 2.75) is 19.0 Å². The lowest BCUT2D eigenvalue weighted by Crippen LogP contribution is -2.52. The van der Waals surface area contributed by atoms with Crippen LogP contribution in [0.1, 0.15) is 18.7 Å². The molecule has 1 fully saturated rings. The van der Waals surface area contributed by atoms with Crippen LogP contribution in [0.25, 0.3) is 0 Å². The van der Waals surface area contributed by atoms with Gasteiger partial charge in [-0.25, -0.2) is 0 Å². The second-order valence-corrected chi connectivity index (χ2v) is 4.29. The second kappa shape index (κ2) is 5.25. The van der Waals surface area contributed by atoms with E-state index in [4.69, 9.17) is 0 Å². The molecule has 17 heavy (non-hydrogen) atoms. The van der Waals surface area contributed by atoms with Gasteiger partial charge in [0.05, 0.1) is 5.69 Å². The molecule has 1 aliphatic heterocycles. The van der Waals surface area contributed by atoms with Gasteiger partial charge in [0.1, 0.15) is 0 Å². The summed E-state index contributed by atoms with van der Waals surface area (Å²) in [6.07, 6.45) is 1.64. The van der Waals surface area contributed by atoms with Gasteiger partial charge in [-0.05, 0) is 19.1 Å². The Balaban J connectivity index is 2.26. The van der Waals surface area contributed by atoms with Crippen molar-refractivity contribution in [2.75, 3.05) is 19.6 Å². The highest BCUT2D eigenvalue weighted by Gasteiger charge is 2.32. The van der Waals surface area contributed by atoms with E-state index in [2.05, 4.69) is 10.3 Å². The standard InChI is InChI=1S/C12H17N3O2/c1-9-8-13-6-7-15(9)11(12(16)17)10-4-2-3-5-14-10/h2-5,9,11,13H,6-8H2,1H3,(H,16,17). The molecule has 2 atom stereocenters. The van der Waals surface area contributed by atoms with Crippen LogP contribution in [0.2, 0.25) is 0 Å². The van der Waals surface area contributed by atoms with Crippen molar-refractivity contribution in [1.29, 1.82) is 0 Å². The Kier molecular flexibility index (Phi) is 3.71. The average molecular weight is 235 g/mol. The minimum atomic E-state index is -0.836. The maximum Gasteiger partial charge on any atom is 0.327 e. The summed E-state index contributed by atoms with van der Waals surface area (Å²) in [7, 11) is 0. The molecule has 0 radical (unpaired) electrons. The normalized spacial score (nSPS) is 23.2. The van der Waals surface area contributed by atoms with E-state index in [1.807, 2.05) is 17.9 Å². The molecule has 92 valence electrons. The van der Waals surface area contributed by atoms with E-state index in [1.54, 1.807) is 18.3 Å². The van der Waals surface area contributed by atoms with E-state index < -0.39 is 12.0 Å². The SMILES string of the molecule is CC1CNCCN1C(C(=O)O)c1ccccn1. The van der Waals surface area contributed by atoms with Gasteiger partial charge >= 0.3 is 5.97 Å². The van der Waals surface area contributed by atoms with Crippen LogP contribution in [-0.4, -0.2) is 46.6 Å². The molecule has 0 spiro atoms. The maximum atomic E-state index is 11.4. The summed E-state index contributed by atoms with van der Waals surface area (Å²) in [4.78, 5) is 17.6. The highest BCUT2D eigenvalue weighted by Crippen LogP contribution is 2.22. The molecule has 2 unspecified atom stereocenters. The Morgan fingerprint density at radius 2 is 2.47 bits per heavy atom. The molecule has 5 nitrogen and oxygen atoms in total. The fourth-order valence-corrected chi connectivity index (χ4v) is 2.22. The number of hydrogen-bond acceptors (Lipinski definition) is 4. The van der Waals surface area contributed by atoms with Crippen molar-refractivity contribution >= 4 is 5.97 Å². The molecule has 0 bridgehead atoms. The lowest BCUT2D eigenvalue weighted by molar-refractivity contribution is -0.145. The molecule has 0 saturated carbocycles. The van der Waals surface area contributed by atoms with Crippen LogP contribution < -0.4 is 5.32 Å². The van der Waals surface area contributed by atoms with E-state index in [-0.39, 0.29) is 6.04 Å². The third-order valence-corrected chi connectivity index (χ3v) is 3.09. The number of nitrogens with one attached hydrogen (secondary N) is 1. The summed E-state index contributed by atoms with van der Waals surface area (Å²) in [5, 5.41) is 12.6. The Labute approximate surface area is 100 Å². The maximum absolute atomic E-state index is 11.4. The molecule has 2 heterocycles. The van der Waals surface area contributed by atoms with Gasteiger partial charge in [-0.1, -0.05) is 6.07 Å². The summed E-state index contributed by atoms with van der Waals surface area (Å²) < 4.78 is 0. The van der Waals surface area contributed by atoms with Crippen molar-refractivity contribution in [2.24, 2.45) is 0 Å². The molecule has 0 amide bonds. The summed E-state index contributed by atoms with van der Waals surface area (Å²) in [6.45, 7) is 4.40. The summed E-state index contributed by atoms with van der Waals surface area (Å²) >= 11 is 0. The number of nitrogens with zero attached hydrogens (tertiary/aromatic N) is 2. The van der Waals surface area contributed by atoms with Crippen LogP contribution in [0.4, 0.5) is 0 Å². The van der Waals surface area contributed by atoms with Gasteiger partial charge in [-0.3, -0.25) is 14.7 Å². The fraction of sp³-hybridized carbons (Fsp3) is 0.500. The molecule has 1 saturated heterocycles. The summed E-state index contributed by atoms with van der Waals surface area (Å²) in [5.74, 6) is -0.836. The summed E-state index contributed by atoms with van der Waals surface area (Å²) in [5.41, 5.74) is 0.605. The zero-order valence-electron chi connectivity index (χ0n) is 9.84. The highest BCUT2D eigenvalue weighted by atomic mass is 16.4. The Bertz CT molecular complexity index is 383. The number of aromatic nitrogens is 1. The first-order chi connectivity index (χ1) is 8.20. The van der Waals surface area contributed by atoms with E-state index in [0.717, 1.165) is 19.6 Å². The Morgan fingerprint density at radius 3 is 3.06 bits per heavy atom. The smallest absolute Gasteiger partial charge is 0.327 e. The molecular formula is C12H17N3O2. The second-order valence-electron chi connectivity index (χ2n) is 4.29. The van der Waals surface area contributed by atoms with Gasteiger partial charge in [-0.2, -0.15) is 0 Å². The molecule has 0 aliphatic carbocycles. The van der Waals surface area contributed by atoms with E-state index in [9.17, 15) is 9.90 Å². The van der Waals surface area contributed by atoms with Gasteiger partial charge in [0.2, 0.25) is 0 Å². The van der Waals surface area contributed by atoms with Crippen molar-refractivity contribution in [3.05, 3.63) is 30.1 Å². The van der Waals surface area contributed by atoms with Crippen molar-refractivity contribution in [3.8, 4) is 0 Å². The lowest BCUT2D eigenvalue weighted by atomic mass is 10.1. The Hall–Kier alpha value is -1.46. The predicted molar refractivity (Wildman–Crippen MR) is 63.7 cm³/mol. The zero-order chi connectivity index (χ0) is 12.3. The van der Waals surface area contributed by atoms with Crippen LogP contribution in [0.3, 0.4) is 0 Å². The molecule has 1 aromatic rings. The van der Waals surface area contributed by atoms with Gasteiger partial charge < -0.3 is 10.4 Å². The largest absolute Gasteiger partial charge is 0.480 e. The number of pyridine rings is 1. The molecule has 5 heteroatoms. The van der Waals surface area contributed by atoms with Gasteiger partial charge in [-0.15, -0.1) is 0 Å². The van der Waals surface area contributed by atoms with Crippen LogP contribution >= 0.6 is 0 Å². The minimum absolute atomic E-state index is 0.201. The number of rotatable bonds is 3. The van der Waals surface area contributed by atoms with E-state index in [1.165, 1.54) is 0 Å². The average Bonchev–Trinajstić information content (AvgIpc) is 2.33. The van der Waals surface area contributed by atoms with Crippen LogP contribution in [0, 0.1) is 0 Å². The number of carbonyl (C=O) groups is 1. The quantitative estimate of drug-likeness (QED) is 0.798. The first kappa shape index (κ1) is 12.0. The van der Waals surface area contributed by atoms with Crippen molar-refractivity contribution in [1.82, 2.24) is 15.2 Å². The number of hydrogen-bond donors (Lipinski definition) is 2. The van der Waals surface area contributed by atoms with Crippen molar-refractivity contribution in [3.63, 3.8) is 0 Å². The molecule has 2 N–H and O–H groups in total. The first-order valence-electron chi connectivity index (χ1n) is 5.80. The van der Waals surface area contributed by atoms with Gasteiger partial charge in [0.15, 0.2) is 6.04 Å². The van der Waals surface area contributed by atoms with Gasteiger partial charge in [0.25, 0.3) is 0 Å². The minimum Gasteiger partial charge on any atom is -0.480 e. The van der Waals surface area contributed by atoms with E-state index >= 15 is 0 Å². The van der Waals surface area contributed by atoms with Crippen molar-refractivity contribution < 1.29 is 9.90 Å². The predicted octanol–water partition coefficient (Wildman–Crippen LogP) is 0.501. The number of aliphatic carboxylic acids is 1. The highest BCUT2D eigenvalue weighted by molar-refractivity contribution is 5.75. The molecule has 2 rings (SSSR count). The molecule has 1 aliphatic rings. The number of piperazine rings is 1. The third-order valence-electron chi connectivity index (χ3n) is 3.09. The summed E-state index contributed by atoms with van der Waals surface area (Å²) in [6, 6.07) is 4.95. The topological polar surface area (TPSA) is 65.5 Å². The van der Waals surface area contributed by atoms with Crippen LogP contribution in [-0.2, 0) is 4.79 Å². The zero-order valence-corrected chi connectivity index (χ0v) is 9.84. The number of carboxylic acid groups (broad SMARTS) is 1. The number of carboxylic acids is 1. The van der Waals surface area contributed by atoms with Crippen LogP contribution in [0.15, 0.2) is 24.4 Å². The molecule has 0 aromatic carbocycles. The first-order valence-corrected chi connectivity index (χ1v) is 5.80. The Morgan fingerprint density at radius 1 is 1.65 bits per heavy atom. The van der Waals surface area contributed by atoms with Gasteiger partial charge in [0, 0.05) is 31.9 Å². The van der Waals surface area contributed by atoms with Crippen LogP contribution in [0.5, 0.6) is 0 Å². The fourth-order valence-electron chi connectivity index (χ4n) is 2.22. The molecule has 1 aromatic heterocycles.